The summed E-state index contributed by atoms with van der Waals surface area (Å²) in [6.07, 6.45) is -2.58. The van der Waals surface area contributed by atoms with Crippen LogP contribution >= 0.6 is 0 Å². The van der Waals surface area contributed by atoms with Crippen LogP contribution in [0.3, 0.4) is 0 Å². The lowest BCUT2D eigenvalue weighted by molar-refractivity contribution is -0.178. The van der Waals surface area contributed by atoms with E-state index in [1.54, 1.807) is 0 Å². The van der Waals surface area contributed by atoms with Gasteiger partial charge in [-0.1, -0.05) is 121 Å². The molecule has 0 heterocycles. The van der Waals surface area contributed by atoms with Crippen LogP contribution < -0.4 is 0 Å². The van der Waals surface area contributed by atoms with Gasteiger partial charge in [0, 0.05) is 0 Å². The van der Waals surface area contributed by atoms with Crippen LogP contribution in [0.4, 0.5) is 0 Å². The molecule has 0 spiro atoms. The van der Waals surface area contributed by atoms with Gasteiger partial charge in [-0.25, -0.2) is 0 Å². The van der Waals surface area contributed by atoms with E-state index < -0.39 is 30.7 Å². The zero-order chi connectivity index (χ0) is 27.8. The summed E-state index contributed by atoms with van der Waals surface area (Å²) in [4.78, 5) is 13.1. The molecule has 1 N–H and O–H groups in total. The SMILES string of the molecule is O=C(CO)[C@@H](OCc1ccccc1)[C@H](OCc1ccccc1)[C@@H](COCc1ccccc1)OCc1ccccc1. The molecule has 6 nitrogen and oxygen atoms in total. The van der Waals surface area contributed by atoms with Crippen molar-refractivity contribution in [2.45, 2.75) is 44.7 Å². The second-order valence-corrected chi connectivity index (χ2v) is 9.44. The second-order valence-electron chi connectivity index (χ2n) is 9.44. The van der Waals surface area contributed by atoms with Crippen LogP contribution in [0.25, 0.3) is 0 Å². The first-order valence-corrected chi connectivity index (χ1v) is 13.4. The second kappa shape index (κ2) is 16.5. The Balaban J connectivity index is 1.58. The Morgan fingerprint density at radius 2 is 0.950 bits per heavy atom. The summed E-state index contributed by atoms with van der Waals surface area (Å²) >= 11 is 0. The van der Waals surface area contributed by atoms with Crippen LogP contribution in [0.1, 0.15) is 22.3 Å². The van der Waals surface area contributed by atoms with Crippen LogP contribution in [0.15, 0.2) is 121 Å². The predicted molar refractivity (Wildman–Crippen MR) is 153 cm³/mol. The van der Waals surface area contributed by atoms with E-state index in [0.29, 0.717) is 13.2 Å². The van der Waals surface area contributed by atoms with Crippen molar-refractivity contribution in [3.8, 4) is 0 Å². The lowest BCUT2D eigenvalue weighted by Crippen LogP contribution is -2.49. The average molecular weight is 541 g/mol. The fraction of sp³-hybridized carbons (Fsp3) is 0.265. The highest BCUT2D eigenvalue weighted by Crippen LogP contribution is 2.20. The Morgan fingerprint density at radius 1 is 0.550 bits per heavy atom. The number of Topliss-reactive ketones (excluding diaryl/α,β-unsaturated/α-hetero) is 1. The van der Waals surface area contributed by atoms with Crippen molar-refractivity contribution in [3.63, 3.8) is 0 Å². The monoisotopic (exact) mass is 540 g/mol. The van der Waals surface area contributed by atoms with Gasteiger partial charge in [-0.15, -0.1) is 0 Å². The first-order valence-electron chi connectivity index (χ1n) is 13.4. The van der Waals surface area contributed by atoms with E-state index in [2.05, 4.69) is 0 Å². The van der Waals surface area contributed by atoms with Crippen molar-refractivity contribution in [3.05, 3.63) is 144 Å². The molecule has 0 fully saturated rings. The maximum absolute atomic E-state index is 13.1. The van der Waals surface area contributed by atoms with Crippen LogP contribution in [0.5, 0.6) is 0 Å². The van der Waals surface area contributed by atoms with E-state index in [4.69, 9.17) is 18.9 Å². The van der Waals surface area contributed by atoms with Gasteiger partial charge in [-0.05, 0) is 22.3 Å². The minimum Gasteiger partial charge on any atom is -0.388 e. The summed E-state index contributed by atoms with van der Waals surface area (Å²) in [6.45, 7) is 0.565. The summed E-state index contributed by atoms with van der Waals surface area (Å²) in [6, 6.07) is 39.0. The van der Waals surface area contributed by atoms with E-state index in [-0.39, 0.29) is 19.8 Å². The fourth-order valence-electron chi connectivity index (χ4n) is 4.26. The number of hydrogen-bond acceptors (Lipinski definition) is 6. The van der Waals surface area contributed by atoms with Crippen LogP contribution in [-0.2, 0) is 50.2 Å². The molecule has 0 aliphatic rings. The number of ether oxygens (including phenoxy) is 4. The molecule has 0 unspecified atom stereocenters. The molecule has 0 saturated carbocycles. The van der Waals surface area contributed by atoms with Crippen molar-refractivity contribution in [2.24, 2.45) is 0 Å². The highest BCUT2D eigenvalue weighted by Gasteiger charge is 2.37. The van der Waals surface area contributed by atoms with Crippen molar-refractivity contribution < 1.29 is 28.8 Å². The van der Waals surface area contributed by atoms with E-state index in [1.807, 2.05) is 121 Å². The van der Waals surface area contributed by atoms with Crippen LogP contribution in [-0.4, -0.2) is 42.4 Å². The van der Waals surface area contributed by atoms with Gasteiger partial charge in [0.1, 0.15) is 24.9 Å². The molecular formula is C34H36O6. The first-order chi connectivity index (χ1) is 19.7. The van der Waals surface area contributed by atoms with Gasteiger partial charge in [-0.2, -0.15) is 0 Å². The summed E-state index contributed by atoms with van der Waals surface area (Å²) in [5.74, 6) is -0.481. The Bertz CT molecular complexity index is 1230. The number of carbonyl (C=O) groups excluding carboxylic acids is 1. The topological polar surface area (TPSA) is 74.2 Å². The summed E-state index contributed by atoms with van der Waals surface area (Å²) < 4.78 is 25.0. The number of aliphatic hydroxyl groups is 1. The maximum Gasteiger partial charge on any atom is 0.189 e. The van der Waals surface area contributed by atoms with Crippen LogP contribution in [0.2, 0.25) is 0 Å². The normalized spacial score (nSPS) is 13.4. The zero-order valence-electron chi connectivity index (χ0n) is 22.5. The lowest BCUT2D eigenvalue weighted by atomic mass is 10.0. The van der Waals surface area contributed by atoms with Gasteiger partial charge in [0.25, 0.3) is 0 Å². The standard InChI is InChI=1S/C34H36O6/c35-21-31(36)33(39-24-29-17-9-3-10-18-29)34(40-25-30-19-11-4-12-20-30)32(38-23-28-15-7-2-8-16-28)26-37-22-27-13-5-1-6-14-27/h1-20,32-35H,21-26H2/t32-,33-,34-/m1/s1. The highest BCUT2D eigenvalue weighted by molar-refractivity contribution is 5.84. The van der Waals surface area contributed by atoms with Crippen molar-refractivity contribution in [1.82, 2.24) is 0 Å². The molecule has 4 aromatic rings. The number of aliphatic hydroxyl groups excluding tert-OH is 1. The molecule has 0 aromatic heterocycles. The number of hydrogen-bond donors (Lipinski definition) is 1. The lowest BCUT2D eigenvalue weighted by Gasteiger charge is -2.33. The third-order valence-electron chi connectivity index (χ3n) is 6.40. The number of benzene rings is 4. The quantitative estimate of drug-likeness (QED) is 0.190. The Morgan fingerprint density at radius 3 is 1.40 bits per heavy atom. The largest absolute Gasteiger partial charge is 0.388 e. The zero-order valence-corrected chi connectivity index (χ0v) is 22.5. The Kier molecular flexibility index (Phi) is 12.1. The fourth-order valence-corrected chi connectivity index (χ4v) is 4.26. The molecule has 0 amide bonds. The molecule has 0 saturated heterocycles. The van der Waals surface area contributed by atoms with Gasteiger partial charge in [0.2, 0.25) is 0 Å². The molecule has 4 aromatic carbocycles. The molecule has 40 heavy (non-hydrogen) atoms. The number of ketones is 1. The molecule has 0 aliphatic carbocycles. The minimum absolute atomic E-state index is 0.158. The number of carbonyl (C=O) groups is 1. The third kappa shape index (κ3) is 9.52. The molecule has 208 valence electrons. The average Bonchev–Trinajstić information content (AvgIpc) is 3.02. The first kappa shape index (κ1) is 29.3. The molecular weight excluding hydrogens is 504 g/mol. The molecule has 6 heteroatoms. The Labute approximate surface area is 236 Å². The van der Waals surface area contributed by atoms with Gasteiger partial charge in [-0.3, -0.25) is 4.79 Å². The summed E-state index contributed by atoms with van der Waals surface area (Å²) in [5, 5.41) is 9.89. The Hall–Kier alpha value is -3.65. The van der Waals surface area contributed by atoms with Crippen molar-refractivity contribution >= 4 is 5.78 Å². The van der Waals surface area contributed by atoms with E-state index in [0.717, 1.165) is 22.3 Å². The van der Waals surface area contributed by atoms with E-state index in [1.165, 1.54) is 0 Å². The predicted octanol–water partition coefficient (Wildman–Crippen LogP) is 5.52. The molecule has 4 rings (SSSR count). The molecule has 3 atom stereocenters. The van der Waals surface area contributed by atoms with Gasteiger partial charge in [0.15, 0.2) is 5.78 Å². The minimum atomic E-state index is -1.07. The van der Waals surface area contributed by atoms with Gasteiger partial charge < -0.3 is 24.1 Å². The van der Waals surface area contributed by atoms with E-state index >= 15 is 0 Å². The molecule has 0 aliphatic heterocycles. The number of rotatable bonds is 17. The maximum atomic E-state index is 13.1. The molecule has 0 radical (unpaired) electrons. The van der Waals surface area contributed by atoms with Gasteiger partial charge >= 0.3 is 0 Å². The highest BCUT2D eigenvalue weighted by atomic mass is 16.6. The molecule has 0 bridgehead atoms. The van der Waals surface area contributed by atoms with Gasteiger partial charge in [0.05, 0.1) is 33.0 Å². The van der Waals surface area contributed by atoms with Crippen molar-refractivity contribution in [2.75, 3.05) is 13.2 Å². The van der Waals surface area contributed by atoms with Crippen molar-refractivity contribution in [1.29, 1.82) is 0 Å². The summed E-state index contributed by atoms with van der Waals surface area (Å²) in [5.41, 5.74) is 3.85. The summed E-state index contributed by atoms with van der Waals surface area (Å²) in [7, 11) is 0. The third-order valence-corrected chi connectivity index (χ3v) is 6.40. The van der Waals surface area contributed by atoms with Crippen LogP contribution in [0, 0.1) is 0 Å². The van der Waals surface area contributed by atoms with E-state index in [9.17, 15) is 9.90 Å². The smallest absolute Gasteiger partial charge is 0.189 e.